The third kappa shape index (κ3) is 7.21. The van der Waals surface area contributed by atoms with E-state index in [1.165, 1.54) is 0 Å². The fraction of sp³-hybridized carbons (Fsp3) is 0.192. The molecule has 0 fully saturated rings. The van der Waals surface area contributed by atoms with E-state index in [1.54, 1.807) is 72.8 Å². The highest BCUT2D eigenvalue weighted by molar-refractivity contribution is 6.04. The van der Waals surface area contributed by atoms with Crippen molar-refractivity contribution in [3.05, 3.63) is 90.0 Å². The third-order valence-electron chi connectivity index (χ3n) is 5.03. The van der Waals surface area contributed by atoms with E-state index in [0.29, 0.717) is 22.5 Å². The molecule has 0 bridgehead atoms. The lowest BCUT2D eigenvalue weighted by atomic mass is 10.1. The van der Waals surface area contributed by atoms with Gasteiger partial charge in [0.2, 0.25) is 5.91 Å². The third-order valence-corrected chi connectivity index (χ3v) is 5.03. The Labute approximate surface area is 193 Å². The maximum atomic E-state index is 12.3. The van der Waals surface area contributed by atoms with Gasteiger partial charge in [0.05, 0.1) is 6.54 Å². The quantitative estimate of drug-likeness (QED) is 0.390. The molecule has 4 N–H and O–H groups in total. The van der Waals surface area contributed by atoms with Crippen LogP contribution in [-0.4, -0.2) is 30.3 Å². The monoisotopic (exact) mass is 444 g/mol. The largest absolute Gasteiger partial charge is 0.376 e. The van der Waals surface area contributed by atoms with E-state index >= 15 is 0 Å². The maximum Gasteiger partial charge on any atom is 0.255 e. The second-order valence-corrected chi connectivity index (χ2v) is 7.66. The van der Waals surface area contributed by atoms with Crippen LogP contribution in [0.5, 0.6) is 0 Å². The van der Waals surface area contributed by atoms with Gasteiger partial charge < -0.3 is 21.3 Å². The maximum absolute atomic E-state index is 12.3. The summed E-state index contributed by atoms with van der Waals surface area (Å²) in [5.74, 6) is -0.574. The Morgan fingerprint density at radius 1 is 0.727 bits per heavy atom. The summed E-state index contributed by atoms with van der Waals surface area (Å²) < 4.78 is 0. The first-order valence-corrected chi connectivity index (χ1v) is 10.9. The summed E-state index contributed by atoms with van der Waals surface area (Å²) in [6.07, 6.45) is 0.864. The fourth-order valence-corrected chi connectivity index (χ4v) is 3.00. The molecule has 3 aromatic rings. The fourth-order valence-electron chi connectivity index (χ4n) is 3.00. The molecule has 0 saturated heterocycles. The van der Waals surface area contributed by atoms with Gasteiger partial charge in [0.15, 0.2) is 0 Å². The summed E-state index contributed by atoms with van der Waals surface area (Å²) in [5, 5.41) is 11.6. The van der Waals surface area contributed by atoms with Crippen LogP contribution in [0.1, 0.15) is 41.0 Å². The zero-order valence-electron chi connectivity index (χ0n) is 18.7. The molecule has 0 aliphatic carbocycles. The van der Waals surface area contributed by atoms with Gasteiger partial charge in [0.1, 0.15) is 0 Å². The molecule has 1 atom stereocenters. The molecule has 3 rings (SSSR count). The number of amides is 3. The predicted octanol–water partition coefficient (Wildman–Crippen LogP) is 4.52. The molecule has 0 radical (unpaired) electrons. The van der Waals surface area contributed by atoms with Crippen molar-refractivity contribution in [1.82, 2.24) is 5.32 Å². The molecule has 33 heavy (non-hydrogen) atoms. The lowest BCUT2D eigenvalue weighted by Gasteiger charge is -2.12. The van der Waals surface area contributed by atoms with Crippen molar-refractivity contribution < 1.29 is 14.4 Å². The lowest BCUT2D eigenvalue weighted by Crippen LogP contribution is -2.31. The Hall–Kier alpha value is -4.13. The van der Waals surface area contributed by atoms with Gasteiger partial charge in [0, 0.05) is 34.2 Å². The molecule has 0 saturated carbocycles. The Morgan fingerprint density at radius 2 is 1.36 bits per heavy atom. The average Bonchev–Trinajstić information content (AvgIpc) is 2.83. The van der Waals surface area contributed by atoms with Crippen molar-refractivity contribution in [3.8, 4) is 0 Å². The standard InChI is InChI=1S/C26H28N4O3/c1-3-18(2)28-25(32)20-12-14-21(15-13-20)27-17-24(31)29-22-10-7-11-23(16-22)30-26(33)19-8-5-4-6-9-19/h4-16,18,27H,3,17H2,1-2H3,(H,28,32)(H,29,31)(H,30,33). The van der Waals surface area contributed by atoms with E-state index in [2.05, 4.69) is 21.3 Å². The van der Waals surface area contributed by atoms with Gasteiger partial charge in [-0.25, -0.2) is 0 Å². The Morgan fingerprint density at radius 3 is 2.03 bits per heavy atom. The SMILES string of the molecule is CCC(C)NC(=O)c1ccc(NCC(=O)Nc2cccc(NC(=O)c3ccccc3)c2)cc1. The molecule has 3 aromatic carbocycles. The van der Waals surface area contributed by atoms with E-state index in [-0.39, 0.29) is 30.3 Å². The Bertz CT molecular complexity index is 1100. The molecule has 0 aromatic heterocycles. The molecular weight excluding hydrogens is 416 g/mol. The van der Waals surface area contributed by atoms with Crippen LogP contribution in [0.3, 0.4) is 0 Å². The number of rotatable bonds is 9. The number of carbonyl (C=O) groups excluding carboxylic acids is 3. The van der Waals surface area contributed by atoms with Crippen LogP contribution >= 0.6 is 0 Å². The number of hydrogen-bond acceptors (Lipinski definition) is 4. The van der Waals surface area contributed by atoms with Crippen LogP contribution in [0.4, 0.5) is 17.1 Å². The molecule has 0 spiro atoms. The Kier molecular flexibility index (Phi) is 8.18. The Balaban J connectivity index is 1.50. The van der Waals surface area contributed by atoms with Crippen LogP contribution in [-0.2, 0) is 4.79 Å². The predicted molar refractivity (Wildman–Crippen MR) is 132 cm³/mol. The summed E-state index contributed by atoms with van der Waals surface area (Å²) in [6, 6.07) is 23.0. The number of anilines is 3. The van der Waals surface area contributed by atoms with E-state index in [9.17, 15) is 14.4 Å². The molecular formula is C26H28N4O3. The molecule has 170 valence electrons. The molecule has 0 aliphatic rings. The van der Waals surface area contributed by atoms with Crippen molar-refractivity contribution >= 4 is 34.8 Å². The minimum atomic E-state index is -0.236. The van der Waals surface area contributed by atoms with Crippen molar-refractivity contribution in [2.24, 2.45) is 0 Å². The van der Waals surface area contributed by atoms with Crippen molar-refractivity contribution in [3.63, 3.8) is 0 Å². The van der Waals surface area contributed by atoms with E-state index < -0.39 is 0 Å². The summed E-state index contributed by atoms with van der Waals surface area (Å²) in [4.78, 5) is 36.8. The van der Waals surface area contributed by atoms with Gasteiger partial charge in [-0.1, -0.05) is 31.2 Å². The molecule has 0 aliphatic heterocycles. The smallest absolute Gasteiger partial charge is 0.255 e. The average molecular weight is 445 g/mol. The van der Waals surface area contributed by atoms with Gasteiger partial charge in [0.25, 0.3) is 11.8 Å². The molecule has 0 heterocycles. The lowest BCUT2D eigenvalue weighted by molar-refractivity contribution is -0.114. The van der Waals surface area contributed by atoms with Crippen LogP contribution in [0.25, 0.3) is 0 Å². The van der Waals surface area contributed by atoms with Gasteiger partial charge in [-0.3, -0.25) is 14.4 Å². The van der Waals surface area contributed by atoms with E-state index in [1.807, 2.05) is 19.9 Å². The van der Waals surface area contributed by atoms with Gasteiger partial charge in [-0.2, -0.15) is 0 Å². The highest BCUT2D eigenvalue weighted by Crippen LogP contribution is 2.16. The minimum absolute atomic E-state index is 0.0546. The van der Waals surface area contributed by atoms with Gasteiger partial charge >= 0.3 is 0 Å². The molecule has 7 heteroatoms. The summed E-state index contributed by atoms with van der Waals surface area (Å²) >= 11 is 0. The number of benzene rings is 3. The summed E-state index contributed by atoms with van der Waals surface area (Å²) in [5.41, 5.74) is 3.01. The van der Waals surface area contributed by atoms with Crippen molar-refractivity contribution in [2.75, 3.05) is 22.5 Å². The van der Waals surface area contributed by atoms with Crippen LogP contribution in [0.2, 0.25) is 0 Å². The first kappa shape index (κ1) is 23.5. The van der Waals surface area contributed by atoms with Gasteiger partial charge in [-0.05, 0) is 67.9 Å². The van der Waals surface area contributed by atoms with Crippen LogP contribution < -0.4 is 21.3 Å². The number of carbonyl (C=O) groups is 3. The second-order valence-electron chi connectivity index (χ2n) is 7.66. The van der Waals surface area contributed by atoms with Crippen molar-refractivity contribution in [2.45, 2.75) is 26.3 Å². The topological polar surface area (TPSA) is 99.3 Å². The highest BCUT2D eigenvalue weighted by Gasteiger charge is 2.09. The summed E-state index contributed by atoms with van der Waals surface area (Å²) in [7, 11) is 0. The first-order valence-electron chi connectivity index (χ1n) is 10.9. The molecule has 3 amide bonds. The molecule has 1 unspecified atom stereocenters. The minimum Gasteiger partial charge on any atom is -0.376 e. The first-order chi connectivity index (χ1) is 15.9. The number of hydrogen-bond donors (Lipinski definition) is 4. The van der Waals surface area contributed by atoms with E-state index in [0.717, 1.165) is 12.1 Å². The normalized spacial score (nSPS) is 11.2. The van der Waals surface area contributed by atoms with Crippen LogP contribution in [0.15, 0.2) is 78.9 Å². The highest BCUT2D eigenvalue weighted by atomic mass is 16.2. The van der Waals surface area contributed by atoms with Crippen molar-refractivity contribution in [1.29, 1.82) is 0 Å². The van der Waals surface area contributed by atoms with Gasteiger partial charge in [-0.15, -0.1) is 0 Å². The van der Waals surface area contributed by atoms with Crippen LogP contribution in [0, 0.1) is 0 Å². The summed E-state index contributed by atoms with van der Waals surface area (Å²) in [6.45, 7) is 4.03. The van der Waals surface area contributed by atoms with E-state index in [4.69, 9.17) is 0 Å². The zero-order chi connectivity index (χ0) is 23.6. The number of nitrogens with one attached hydrogen (secondary N) is 4. The zero-order valence-corrected chi connectivity index (χ0v) is 18.7. The second kappa shape index (κ2) is 11.5. The molecule has 7 nitrogen and oxygen atoms in total.